The van der Waals surface area contributed by atoms with Crippen LogP contribution in [0.25, 0.3) is 10.9 Å². The standard InChI is InChI=1S/C25H23N5O5S/c1-16(29-36(34,35)20-13-11-19(12-14-20)27-17(2)31)24-28-22-9-5-4-8-21(22)25(33)30(24)26-15-18-7-3-6-10-23(18)32/h3-16,29,32H,1-2H3,(H,27,31)/b26-15+. The zero-order chi connectivity index (χ0) is 25.9. The Morgan fingerprint density at radius 2 is 1.72 bits per heavy atom. The molecule has 11 heteroatoms. The fraction of sp³-hybridized carbons (Fsp3) is 0.120. The normalized spacial score (nSPS) is 12.6. The van der Waals surface area contributed by atoms with Crippen LogP contribution in [0.5, 0.6) is 5.75 Å². The zero-order valence-corrected chi connectivity index (χ0v) is 20.2. The van der Waals surface area contributed by atoms with Crippen molar-refractivity contribution in [1.82, 2.24) is 14.4 Å². The Labute approximate surface area is 207 Å². The lowest BCUT2D eigenvalue weighted by molar-refractivity contribution is -0.114. The molecule has 3 N–H and O–H groups in total. The maximum atomic E-state index is 13.3. The quantitative estimate of drug-likeness (QED) is 0.330. The summed E-state index contributed by atoms with van der Waals surface area (Å²) in [5.41, 5.74) is 0.722. The molecule has 0 spiro atoms. The first kappa shape index (κ1) is 24.8. The summed E-state index contributed by atoms with van der Waals surface area (Å²) in [6, 6.07) is 17.8. The molecule has 1 aromatic heterocycles. The number of nitrogens with zero attached hydrogens (tertiary/aromatic N) is 3. The largest absolute Gasteiger partial charge is 0.507 e. The first-order chi connectivity index (χ1) is 17.2. The Morgan fingerprint density at radius 3 is 2.42 bits per heavy atom. The third-order valence-electron chi connectivity index (χ3n) is 5.23. The number of fused-ring (bicyclic) bond motifs is 1. The minimum Gasteiger partial charge on any atom is -0.507 e. The van der Waals surface area contributed by atoms with Crippen LogP contribution in [0.2, 0.25) is 0 Å². The van der Waals surface area contributed by atoms with Crippen molar-refractivity contribution in [2.75, 3.05) is 5.32 Å². The van der Waals surface area contributed by atoms with Crippen LogP contribution in [-0.2, 0) is 14.8 Å². The number of aromatic nitrogens is 2. The summed E-state index contributed by atoms with van der Waals surface area (Å²) in [5, 5.41) is 17.2. The number of benzene rings is 3. The van der Waals surface area contributed by atoms with E-state index in [9.17, 15) is 23.1 Å². The van der Waals surface area contributed by atoms with Crippen molar-refractivity contribution in [2.45, 2.75) is 24.8 Å². The van der Waals surface area contributed by atoms with Crippen LogP contribution in [0.15, 0.2) is 87.6 Å². The minimum atomic E-state index is -4.02. The average Bonchev–Trinajstić information content (AvgIpc) is 2.84. The van der Waals surface area contributed by atoms with E-state index in [0.717, 1.165) is 4.68 Å². The summed E-state index contributed by atoms with van der Waals surface area (Å²) in [5.74, 6) is -0.244. The minimum absolute atomic E-state index is 0.0268. The Hall–Kier alpha value is -4.35. The molecule has 1 unspecified atom stereocenters. The molecule has 0 fully saturated rings. The number of phenols is 1. The molecule has 0 saturated carbocycles. The molecule has 4 aromatic rings. The van der Waals surface area contributed by atoms with E-state index in [1.165, 1.54) is 43.5 Å². The smallest absolute Gasteiger partial charge is 0.282 e. The van der Waals surface area contributed by atoms with E-state index in [4.69, 9.17) is 0 Å². The second kappa shape index (κ2) is 10.1. The van der Waals surface area contributed by atoms with Crippen molar-refractivity contribution in [3.05, 3.63) is 94.5 Å². The molecule has 3 aromatic carbocycles. The van der Waals surface area contributed by atoms with Gasteiger partial charge in [-0.2, -0.15) is 9.78 Å². The summed E-state index contributed by atoms with van der Waals surface area (Å²) in [6.07, 6.45) is 1.30. The monoisotopic (exact) mass is 505 g/mol. The molecule has 1 atom stereocenters. The van der Waals surface area contributed by atoms with E-state index in [-0.39, 0.29) is 22.4 Å². The van der Waals surface area contributed by atoms with Gasteiger partial charge in [0.2, 0.25) is 15.9 Å². The molecule has 0 saturated heterocycles. The molecular weight excluding hydrogens is 482 g/mol. The molecule has 1 heterocycles. The first-order valence-corrected chi connectivity index (χ1v) is 12.4. The van der Waals surface area contributed by atoms with Gasteiger partial charge in [0.25, 0.3) is 5.56 Å². The lowest BCUT2D eigenvalue weighted by Gasteiger charge is -2.17. The summed E-state index contributed by atoms with van der Waals surface area (Å²) in [7, 11) is -4.02. The molecule has 0 bridgehead atoms. The Morgan fingerprint density at radius 1 is 1.06 bits per heavy atom. The number of rotatable bonds is 7. The fourth-order valence-corrected chi connectivity index (χ4v) is 4.72. The maximum Gasteiger partial charge on any atom is 0.282 e. The van der Waals surface area contributed by atoms with Gasteiger partial charge in [-0.3, -0.25) is 9.59 Å². The lowest BCUT2D eigenvalue weighted by Crippen LogP contribution is -2.32. The molecule has 184 valence electrons. The molecular formula is C25H23N5O5S. The van der Waals surface area contributed by atoms with E-state index in [0.29, 0.717) is 22.2 Å². The van der Waals surface area contributed by atoms with Crippen molar-refractivity contribution < 1.29 is 18.3 Å². The van der Waals surface area contributed by atoms with Gasteiger partial charge in [0.1, 0.15) is 5.75 Å². The second-order valence-corrected chi connectivity index (χ2v) is 9.67. The summed E-state index contributed by atoms with van der Waals surface area (Å²) < 4.78 is 29.6. The number of nitrogens with one attached hydrogen (secondary N) is 2. The number of anilines is 1. The molecule has 36 heavy (non-hydrogen) atoms. The van der Waals surface area contributed by atoms with Crippen molar-refractivity contribution in [3.63, 3.8) is 0 Å². The van der Waals surface area contributed by atoms with Gasteiger partial charge in [-0.25, -0.2) is 18.1 Å². The summed E-state index contributed by atoms with van der Waals surface area (Å²) in [4.78, 5) is 28.9. The molecule has 10 nitrogen and oxygen atoms in total. The number of sulfonamides is 1. The Balaban J connectivity index is 1.73. The highest BCUT2D eigenvalue weighted by molar-refractivity contribution is 7.89. The summed E-state index contributed by atoms with van der Waals surface area (Å²) >= 11 is 0. The Bertz CT molecular complexity index is 1630. The van der Waals surface area contributed by atoms with Gasteiger partial charge in [0, 0.05) is 18.2 Å². The fourth-order valence-electron chi connectivity index (χ4n) is 3.52. The van der Waals surface area contributed by atoms with Crippen molar-refractivity contribution in [1.29, 1.82) is 0 Å². The van der Waals surface area contributed by atoms with Crippen LogP contribution in [0.3, 0.4) is 0 Å². The second-order valence-electron chi connectivity index (χ2n) is 7.96. The van der Waals surface area contributed by atoms with Crippen LogP contribution >= 0.6 is 0 Å². The van der Waals surface area contributed by atoms with Gasteiger partial charge >= 0.3 is 0 Å². The highest BCUT2D eigenvalue weighted by atomic mass is 32.2. The van der Waals surface area contributed by atoms with Crippen molar-refractivity contribution in [3.8, 4) is 5.75 Å². The number of phenolic OH excluding ortho intramolecular Hbond substituents is 1. The third-order valence-corrected chi connectivity index (χ3v) is 6.79. The average molecular weight is 506 g/mol. The molecule has 1 amide bonds. The number of hydrogen-bond donors (Lipinski definition) is 3. The number of carbonyl (C=O) groups is 1. The highest BCUT2D eigenvalue weighted by Gasteiger charge is 2.23. The predicted octanol–water partition coefficient (Wildman–Crippen LogP) is 2.98. The van der Waals surface area contributed by atoms with Crippen molar-refractivity contribution >= 4 is 38.7 Å². The first-order valence-electron chi connectivity index (χ1n) is 10.9. The van der Waals surface area contributed by atoms with Crippen LogP contribution < -0.4 is 15.6 Å². The van der Waals surface area contributed by atoms with Gasteiger partial charge in [0.15, 0.2) is 5.82 Å². The third kappa shape index (κ3) is 5.32. The number of aromatic hydroxyl groups is 1. The van der Waals surface area contributed by atoms with Crippen LogP contribution in [0.1, 0.15) is 31.3 Å². The highest BCUT2D eigenvalue weighted by Crippen LogP contribution is 2.20. The molecule has 4 rings (SSSR count). The molecule has 0 aliphatic heterocycles. The topological polar surface area (TPSA) is 143 Å². The SMILES string of the molecule is CC(=O)Nc1ccc(S(=O)(=O)NC(C)c2nc3ccccc3c(=O)n2/N=C/c2ccccc2O)cc1. The van der Waals surface area contributed by atoms with Crippen molar-refractivity contribution in [2.24, 2.45) is 5.10 Å². The van der Waals surface area contributed by atoms with Gasteiger partial charge in [0.05, 0.1) is 28.1 Å². The van der Waals surface area contributed by atoms with Crippen LogP contribution in [0, 0.1) is 0 Å². The van der Waals surface area contributed by atoms with Gasteiger partial charge < -0.3 is 10.4 Å². The van der Waals surface area contributed by atoms with E-state index < -0.39 is 21.6 Å². The van der Waals surface area contributed by atoms with E-state index in [1.54, 1.807) is 49.4 Å². The number of amides is 1. The molecule has 0 radical (unpaired) electrons. The van der Waals surface area contributed by atoms with E-state index in [2.05, 4.69) is 20.1 Å². The van der Waals surface area contributed by atoms with E-state index in [1.807, 2.05) is 0 Å². The van der Waals surface area contributed by atoms with Gasteiger partial charge in [-0.05, 0) is 55.5 Å². The molecule has 0 aliphatic carbocycles. The van der Waals surface area contributed by atoms with Crippen LogP contribution in [-0.4, -0.2) is 35.3 Å². The Kier molecular flexibility index (Phi) is 6.95. The number of carbonyl (C=O) groups excluding carboxylic acids is 1. The zero-order valence-electron chi connectivity index (χ0n) is 19.4. The molecule has 0 aliphatic rings. The van der Waals surface area contributed by atoms with Gasteiger partial charge in [-0.15, -0.1) is 0 Å². The summed E-state index contributed by atoms with van der Waals surface area (Å²) in [6.45, 7) is 2.90. The maximum absolute atomic E-state index is 13.3. The number of hydrogen-bond acceptors (Lipinski definition) is 7. The van der Waals surface area contributed by atoms with E-state index >= 15 is 0 Å². The number of para-hydroxylation sites is 2. The lowest BCUT2D eigenvalue weighted by atomic mass is 10.2. The predicted molar refractivity (Wildman–Crippen MR) is 137 cm³/mol. The van der Waals surface area contributed by atoms with Gasteiger partial charge in [-0.1, -0.05) is 24.3 Å². The van der Waals surface area contributed by atoms with Crippen LogP contribution in [0.4, 0.5) is 5.69 Å².